The molecule has 106 valence electrons. The maximum atomic E-state index is 11.1. The van der Waals surface area contributed by atoms with Gasteiger partial charge in [0.1, 0.15) is 5.75 Å². The number of rotatable bonds is 3. The van der Waals surface area contributed by atoms with Crippen molar-refractivity contribution in [1.82, 2.24) is 0 Å². The van der Waals surface area contributed by atoms with Crippen LogP contribution in [0.2, 0.25) is 0 Å². The molecule has 0 aliphatic heterocycles. The van der Waals surface area contributed by atoms with Crippen LogP contribution in [0, 0.1) is 0 Å². The Morgan fingerprint density at radius 2 is 1.71 bits per heavy atom. The third kappa shape index (κ3) is 2.55. The van der Waals surface area contributed by atoms with E-state index in [-0.39, 0.29) is 5.75 Å². The molecule has 0 amide bonds. The van der Waals surface area contributed by atoms with Gasteiger partial charge in [0, 0.05) is 5.56 Å². The van der Waals surface area contributed by atoms with Crippen LogP contribution in [0.1, 0.15) is 40.7 Å². The summed E-state index contributed by atoms with van der Waals surface area (Å²) in [5, 5.41) is 19.2. The number of phenols is 1. The average molecular weight is 280 g/mol. The van der Waals surface area contributed by atoms with Gasteiger partial charge in [0.15, 0.2) is 0 Å². The summed E-state index contributed by atoms with van der Waals surface area (Å²) in [7, 11) is 0. The van der Waals surface area contributed by atoms with Gasteiger partial charge in [-0.05, 0) is 54.2 Å². The number of carboxylic acid groups (broad SMARTS) is 1. The summed E-state index contributed by atoms with van der Waals surface area (Å²) in [6.07, 6.45) is 2.84. The Bertz CT molecular complexity index is 729. The number of allylic oxidation sites excluding steroid dienone is 2. The van der Waals surface area contributed by atoms with Crippen LogP contribution in [0.3, 0.4) is 0 Å². The minimum absolute atomic E-state index is 0.279. The molecule has 1 aliphatic carbocycles. The molecule has 0 aromatic heterocycles. The van der Waals surface area contributed by atoms with Gasteiger partial charge in [-0.2, -0.15) is 0 Å². The van der Waals surface area contributed by atoms with Crippen molar-refractivity contribution in [2.24, 2.45) is 0 Å². The van der Waals surface area contributed by atoms with Crippen LogP contribution in [0.5, 0.6) is 5.75 Å². The summed E-state index contributed by atoms with van der Waals surface area (Å²) in [6.45, 7) is 0. The van der Waals surface area contributed by atoms with Gasteiger partial charge in [-0.3, -0.25) is 0 Å². The predicted octanol–water partition coefficient (Wildman–Crippen LogP) is 4.19. The number of phenolic OH excluding ortho intramolecular Hbond substituents is 1. The van der Waals surface area contributed by atoms with Gasteiger partial charge < -0.3 is 10.2 Å². The second-order valence-corrected chi connectivity index (χ2v) is 5.21. The fraction of sp³-hybridized carbons (Fsp3) is 0.167. The van der Waals surface area contributed by atoms with E-state index < -0.39 is 5.97 Å². The molecule has 0 saturated carbocycles. The van der Waals surface area contributed by atoms with E-state index in [1.54, 1.807) is 30.3 Å². The summed E-state index contributed by atoms with van der Waals surface area (Å²) in [6, 6.07) is 14.3. The highest BCUT2D eigenvalue weighted by Gasteiger charge is 2.20. The van der Waals surface area contributed by atoms with Crippen molar-refractivity contribution in [3.05, 3.63) is 65.2 Å². The zero-order valence-corrected chi connectivity index (χ0v) is 11.5. The fourth-order valence-electron chi connectivity index (χ4n) is 2.93. The lowest BCUT2D eigenvalue weighted by Crippen LogP contribution is -1.97. The zero-order chi connectivity index (χ0) is 14.8. The molecule has 1 aliphatic rings. The number of benzene rings is 2. The molecule has 3 rings (SSSR count). The number of para-hydroxylation sites is 1. The van der Waals surface area contributed by atoms with Gasteiger partial charge in [-0.15, -0.1) is 0 Å². The molecular formula is C18H16O3. The minimum atomic E-state index is -0.917. The first-order valence-corrected chi connectivity index (χ1v) is 7.01. The Labute approximate surface area is 123 Å². The molecule has 3 nitrogen and oxygen atoms in total. The molecule has 0 atom stereocenters. The topological polar surface area (TPSA) is 57.5 Å². The molecule has 2 aromatic carbocycles. The molecule has 2 N–H and O–H groups in total. The first kappa shape index (κ1) is 13.4. The predicted molar refractivity (Wildman–Crippen MR) is 82.2 cm³/mol. The smallest absolute Gasteiger partial charge is 0.335 e. The van der Waals surface area contributed by atoms with Crippen LogP contribution in [0.15, 0.2) is 48.5 Å². The Morgan fingerprint density at radius 1 is 0.952 bits per heavy atom. The summed E-state index contributed by atoms with van der Waals surface area (Å²) in [4.78, 5) is 11.1. The van der Waals surface area contributed by atoms with Crippen molar-refractivity contribution < 1.29 is 15.0 Å². The van der Waals surface area contributed by atoms with Crippen molar-refractivity contribution in [2.45, 2.75) is 19.3 Å². The maximum Gasteiger partial charge on any atom is 0.335 e. The van der Waals surface area contributed by atoms with Gasteiger partial charge >= 0.3 is 5.97 Å². The molecule has 21 heavy (non-hydrogen) atoms. The second kappa shape index (κ2) is 5.44. The van der Waals surface area contributed by atoms with E-state index in [9.17, 15) is 9.90 Å². The van der Waals surface area contributed by atoms with E-state index in [1.807, 2.05) is 18.2 Å². The monoisotopic (exact) mass is 280 g/mol. The van der Waals surface area contributed by atoms with Crippen LogP contribution in [0.4, 0.5) is 0 Å². The molecule has 0 bridgehead atoms. The van der Waals surface area contributed by atoms with Gasteiger partial charge in [0.25, 0.3) is 0 Å². The number of aromatic hydroxyl groups is 1. The van der Waals surface area contributed by atoms with Crippen LogP contribution < -0.4 is 0 Å². The Balaban J connectivity index is 2.11. The third-order valence-corrected chi connectivity index (χ3v) is 3.90. The SMILES string of the molecule is O=C(O)c1cccc(C2=C(c3ccccc3O)CCC2)c1. The molecule has 3 heteroatoms. The van der Waals surface area contributed by atoms with Crippen molar-refractivity contribution in [2.75, 3.05) is 0 Å². The zero-order valence-electron chi connectivity index (χ0n) is 11.5. The number of carbonyl (C=O) groups is 1. The summed E-state index contributed by atoms with van der Waals surface area (Å²) >= 11 is 0. The standard InChI is InChI=1S/C18H16O3/c19-17-10-2-1-7-16(17)15-9-4-8-14(15)12-5-3-6-13(11-12)18(20)21/h1-3,5-7,10-11,19H,4,8-9H2,(H,20,21). The normalized spacial score (nSPS) is 14.5. The molecule has 2 aromatic rings. The average Bonchev–Trinajstić information content (AvgIpc) is 2.97. The lowest BCUT2D eigenvalue weighted by Gasteiger charge is -2.10. The molecule has 0 saturated heterocycles. The molecule has 0 fully saturated rings. The van der Waals surface area contributed by atoms with E-state index in [0.717, 1.165) is 41.5 Å². The second-order valence-electron chi connectivity index (χ2n) is 5.21. The maximum absolute atomic E-state index is 11.1. The fourth-order valence-corrected chi connectivity index (χ4v) is 2.93. The highest BCUT2D eigenvalue weighted by Crippen LogP contribution is 2.42. The lowest BCUT2D eigenvalue weighted by molar-refractivity contribution is 0.0697. The van der Waals surface area contributed by atoms with Gasteiger partial charge in [-0.25, -0.2) is 4.79 Å². The van der Waals surface area contributed by atoms with Crippen molar-refractivity contribution in [3.8, 4) is 5.75 Å². The van der Waals surface area contributed by atoms with Crippen LogP contribution in [-0.4, -0.2) is 16.2 Å². The largest absolute Gasteiger partial charge is 0.507 e. The third-order valence-electron chi connectivity index (χ3n) is 3.90. The van der Waals surface area contributed by atoms with Crippen LogP contribution in [-0.2, 0) is 0 Å². The first-order chi connectivity index (χ1) is 10.2. The number of hydrogen-bond acceptors (Lipinski definition) is 2. The minimum Gasteiger partial charge on any atom is -0.507 e. The summed E-state index contributed by atoms with van der Waals surface area (Å²) < 4.78 is 0. The summed E-state index contributed by atoms with van der Waals surface area (Å²) in [5.41, 5.74) is 4.34. The van der Waals surface area contributed by atoms with Crippen molar-refractivity contribution in [3.63, 3.8) is 0 Å². The van der Waals surface area contributed by atoms with Crippen LogP contribution in [0.25, 0.3) is 11.1 Å². The molecule has 0 spiro atoms. The Kier molecular flexibility index (Phi) is 3.48. The number of carboxylic acids is 1. The van der Waals surface area contributed by atoms with Gasteiger partial charge in [-0.1, -0.05) is 30.3 Å². The van der Waals surface area contributed by atoms with Gasteiger partial charge in [0.2, 0.25) is 0 Å². The van der Waals surface area contributed by atoms with Gasteiger partial charge in [0.05, 0.1) is 5.56 Å². The molecule has 0 radical (unpaired) electrons. The van der Waals surface area contributed by atoms with E-state index >= 15 is 0 Å². The van der Waals surface area contributed by atoms with E-state index in [4.69, 9.17) is 5.11 Å². The molecule has 0 unspecified atom stereocenters. The van der Waals surface area contributed by atoms with Crippen molar-refractivity contribution >= 4 is 17.1 Å². The highest BCUT2D eigenvalue weighted by atomic mass is 16.4. The van der Waals surface area contributed by atoms with Crippen molar-refractivity contribution in [1.29, 1.82) is 0 Å². The lowest BCUT2D eigenvalue weighted by atomic mass is 9.95. The quantitative estimate of drug-likeness (QED) is 0.886. The number of hydrogen-bond donors (Lipinski definition) is 2. The Hall–Kier alpha value is -2.55. The molecular weight excluding hydrogens is 264 g/mol. The van der Waals surface area contributed by atoms with E-state index in [1.165, 1.54) is 0 Å². The highest BCUT2D eigenvalue weighted by molar-refractivity contribution is 5.96. The van der Waals surface area contributed by atoms with Crippen LogP contribution >= 0.6 is 0 Å². The number of aromatic carboxylic acids is 1. The van der Waals surface area contributed by atoms with E-state index in [2.05, 4.69) is 0 Å². The Morgan fingerprint density at radius 3 is 2.48 bits per heavy atom. The first-order valence-electron chi connectivity index (χ1n) is 7.01. The molecule has 0 heterocycles. The van der Waals surface area contributed by atoms with E-state index in [0.29, 0.717) is 5.56 Å². The summed E-state index contributed by atoms with van der Waals surface area (Å²) in [5.74, 6) is -0.638.